The van der Waals surface area contributed by atoms with Crippen LogP contribution < -0.4 is 10.6 Å². The molecule has 0 unspecified atom stereocenters. The third-order valence-corrected chi connectivity index (χ3v) is 3.90. The van der Waals surface area contributed by atoms with E-state index in [4.69, 9.17) is 0 Å². The first-order chi connectivity index (χ1) is 9.28. The Labute approximate surface area is 116 Å². The normalized spacial score (nSPS) is 23.1. The quantitative estimate of drug-likeness (QED) is 0.823. The van der Waals surface area contributed by atoms with Crippen molar-refractivity contribution in [1.29, 1.82) is 0 Å². The Bertz CT molecular complexity index is 372. The summed E-state index contributed by atoms with van der Waals surface area (Å²) in [4.78, 5) is 8.75. The van der Waals surface area contributed by atoms with Crippen molar-refractivity contribution in [2.75, 3.05) is 23.7 Å². The van der Waals surface area contributed by atoms with E-state index >= 15 is 0 Å². The molecule has 1 aromatic rings. The van der Waals surface area contributed by atoms with Gasteiger partial charge in [-0.15, -0.1) is 0 Å². The Morgan fingerprint density at radius 1 is 1.11 bits per heavy atom. The number of aromatic nitrogens is 2. The van der Waals surface area contributed by atoms with Crippen LogP contribution >= 0.6 is 0 Å². The molecule has 1 aromatic heterocycles. The molecule has 1 heterocycles. The summed E-state index contributed by atoms with van der Waals surface area (Å²) in [6.45, 7) is 6.47. The lowest BCUT2D eigenvalue weighted by Gasteiger charge is -2.26. The van der Waals surface area contributed by atoms with E-state index in [1.54, 1.807) is 6.20 Å². The number of nitrogens with one attached hydrogen (secondary N) is 2. The smallest absolute Gasteiger partial charge is 0.146 e. The molecular formula is C15H26N4. The van der Waals surface area contributed by atoms with Gasteiger partial charge >= 0.3 is 0 Å². The molecule has 0 amide bonds. The van der Waals surface area contributed by atoms with Gasteiger partial charge in [0.2, 0.25) is 0 Å². The van der Waals surface area contributed by atoms with Crippen LogP contribution in [0.2, 0.25) is 0 Å². The van der Waals surface area contributed by atoms with Gasteiger partial charge in [0.1, 0.15) is 11.6 Å². The number of hydrogen-bond acceptors (Lipinski definition) is 4. The third-order valence-electron chi connectivity index (χ3n) is 3.90. The molecule has 1 saturated carbocycles. The highest BCUT2D eigenvalue weighted by atomic mass is 15.1. The van der Waals surface area contributed by atoms with Crippen molar-refractivity contribution in [2.24, 2.45) is 11.8 Å². The average molecular weight is 262 g/mol. The van der Waals surface area contributed by atoms with Crippen molar-refractivity contribution >= 4 is 11.6 Å². The molecule has 1 aliphatic rings. The van der Waals surface area contributed by atoms with Gasteiger partial charge in [-0.05, 0) is 31.1 Å². The van der Waals surface area contributed by atoms with Gasteiger partial charge in [0.15, 0.2) is 0 Å². The van der Waals surface area contributed by atoms with Gasteiger partial charge in [-0.3, -0.25) is 4.98 Å². The highest BCUT2D eigenvalue weighted by Crippen LogP contribution is 2.28. The number of nitrogens with zero attached hydrogens (tertiary/aromatic N) is 2. The first-order valence-corrected chi connectivity index (χ1v) is 7.57. The molecule has 4 heteroatoms. The van der Waals surface area contributed by atoms with Crippen LogP contribution in [0.15, 0.2) is 12.4 Å². The molecule has 0 aliphatic heterocycles. The molecule has 0 radical (unpaired) electrons. The lowest BCUT2D eigenvalue weighted by Crippen LogP contribution is -2.20. The highest BCUT2D eigenvalue weighted by Gasteiger charge is 2.17. The molecule has 0 spiro atoms. The van der Waals surface area contributed by atoms with Crippen LogP contribution in [-0.2, 0) is 0 Å². The van der Waals surface area contributed by atoms with Gasteiger partial charge in [0.25, 0.3) is 0 Å². The van der Waals surface area contributed by atoms with Crippen molar-refractivity contribution in [3.8, 4) is 0 Å². The predicted octanol–water partition coefficient (Wildman–Crippen LogP) is 3.54. The highest BCUT2D eigenvalue weighted by molar-refractivity contribution is 5.41. The van der Waals surface area contributed by atoms with Gasteiger partial charge in [-0.2, -0.15) is 0 Å². The van der Waals surface area contributed by atoms with E-state index in [9.17, 15) is 0 Å². The lowest BCUT2D eigenvalue weighted by atomic mass is 9.83. The average Bonchev–Trinajstić information content (AvgIpc) is 2.45. The van der Waals surface area contributed by atoms with E-state index in [-0.39, 0.29) is 0 Å². The third kappa shape index (κ3) is 4.69. The van der Waals surface area contributed by atoms with Crippen LogP contribution in [0.25, 0.3) is 0 Å². The molecule has 2 N–H and O–H groups in total. The maximum Gasteiger partial charge on any atom is 0.146 e. The SMILES string of the molecule is CCCNc1cncc(NCC2CCC(C)CC2)n1. The second-order valence-corrected chi connectivity index (χ2v) is 5.72. The van der Waals surface area contributed by atoms with E-state index in [1.165, 1.54) is 25.7 Å². The number of hydrogen-bond donors (Lipinski definition) is 2. The van der Waals surface area contributed by atoms with Crippen LogP contribution in [0.3, 0.4) is 0 Å². The zero-order valence-corrected chi connectivity index (χ0v) is 12.2. The molecule has 106 valence electrons. The molecule has 0 atom stereocenters. The second-order valence-electron chi connectivity index (χ2n) is 5.72. The Balaban J connectivity index is 1.78. The second kappa shape index (κ2) is 7.31. The summed E-state index contributed by atoms with van der Waals surface area (Å²) in [5, 5.41) is 6.70. The van der Waals surface area contributed by atoms with Crippen LogP contribution in [0.4, 0.5) is 11.6 Å². The fourth-order valence-corrected chi connectivity index (χ4v) is 2.57. The molecule has 1 aliphatic carbocycles. The maximum absolute atomic E-state index is 4.52. The predicted molar refractivity (Wildman–Crippen MR) is 80.4 cm³/mol. The maximum atomic E-state index is 4.52. The zero-order valence-electron chi connectivity index (χ0n) is 12.2. The Morgan fingerprint density at radius 3 is 2.47 bits per heavy atom. The lowest BCUT2D eigenvalue weighted by molar-refractivity contribution is 0.300. The Morgan fingerprint density at radius 2 is 1.79 bits per heavy atom. The fraction of sp³-hybridized carbons (Fsp3) is 0.733. The zero-order chi connectivity index (χ0) is 13.5. The topological polar surface area (TPSA) is 49.8 Å². The molecule has 2 rings (SSSR count). The van der Waals surface area contributed by atoms with Gasteiger partial charge in [0.05, 0.1) is 12.4 Å². The van der Waals surface area contributed by atoms with Crippen LogP contribution in [0.5, 0.6) is 0 Å². The van der Waals surface area contributed by atoms with E-state index in [0.29, 0.717) is 0 Å². The Kier molecular flexibility index (Phi) is 5.43. The monoisotopic (exact) mass is 262 g/mol. The summed E-state index contributed by atoms with van der Waals surface area (Å²) in [5.74, 6) is 3.46. The van der Waals surface area contributed by atoms with Crippen molar-refractivity contribution < 1.29 is 0 Å². The summed E-state index contributed by atoms with van der Waals surface area (Å²) in [7, 11) is 0. The van der Waals surface area contributed by atoms with E-state index in [1.807, 2.05) is 6.20 Å². The summed E-state index contributed by atoms with van der Waals surface area (Å²) in [6, 6.07) is 0. The fourth-order valence-electron chi connectivity index (χ4n) is 2.57. The van der Waals surface area contributed by atoms with E-state index in [2.05, 4.69) is 34.4 Å². The molecule has 19 heavy (non-hydrogen) atoms. The molecule has 0 bridgehead atoms. The molecule has 1 fully saturated rings. The van der Waals surface area contributed by atoms with Crippen molar-refractivity contribution in [3.05, 3.63) is 12.4 Å². The van der Waals surface area contributed by atoms with E-state index in [0.717, 1.165) is 43.0 Å². The largest absolute Gasteiger partial charge is 0.369 e. The number of rotatable bonds is 6. The first-order valence-electron chi connectivity index (χ1n) is 7.57. The van der Waals surface area contributed by atoms with Gasteiger partial charge < -0.3 is 10.6 Å². The van der Waals surface area contributed by atoms with Crippen LogP contribution in [0.1, 0.15) is 46.0 Å². The van der Waals surface area contributed by atoms with Gasteiger partial charge in [0, 0.05) is 13.1 Å². The van der Waals surface area contributed by atoms with Gasteiger partial charge in [-0.1, -0.05) is 26.7 Å². The Hall–Kier alpha value is -1.32. The van der Waals surface area contributed by atoms with Crippen molar-refractivity contribution in [3.63, 3.8) is 0 Å². The minimum Gasteiger partial charge on any atom is -0.369 e. The minimum absolute atomic E-state index is 0.797. The molecular weight excluding hydrogens is 236 g/mol. The van der Waals surface area contributed by atoms with Crippen LogP contribution in [0, 0.1) is 11.8 Å². The molecule has 4 nitrogen and oxygen atoms in total. The molecule has 0 saturated heterocycles. The first kappa shape index (κ1) is 14.1. The summed E-state index contributed by atoms with van der Waals surface area (Å²) in [6.07, 6.45) is 10.1. The summed E-state index contributed by atoms with van der Waals surface area (Å²) >= 11 is 0. The van der Waals surface area contributed by atoms with Gasteiger partial charge in [-0.25, -0.2) is 4.98 Å². The summed E-state index contributed by atoms with van der Waals surface area (Å²) in [5.41, 5.74) is 0. The van der Waals surface area contributed by atoms with Crippen molar-refractivity contribution in [2.45, 2.75) is 46.0 Å². The van der Waals surface area contributed by atoms with Crippen LogP contribution in [-0.4, -0.2) is 23.1 Å². The molecule has 0 aromatic carbocycles. The summed E-state index contributed by atoms with van der Waals surface area (Å²) < 4.78 is 0. The minimum atomic E-state index is 0.797. The number of anilines is 2. The van der Waals surface area contributed by atoms with E-state index < -0.39 is 0 Å². The van der Waals surface area contributed by atoms with Crippen molar-refractivity contribution in [1.82, 2.24) is 9.97 Å². The standard InChI is InChI=1S/C15H26N4/c1-3-8-17-14-10-16-11-15(19-14)18-9-13-6-4-12(2)5-7-13/h10-13H,3-9H2,1-2H3,(H2,17,18,19).